The fraction of sp³-hybridized carbons (Fsp3) is 0.385. The SMILES string of the molecule is CC(=O)SCC(N)=O.C[N+]1=C(/C=C/C2=C3Cc4cc(NC(=O)CCO)ccc4C=C3CCC2)C(C)(C)c2ccccc21.NC(=O)CCO.NC(=O)CO. The Kier molecular flexibility index (Phi) is 18.0. The summed E-state index contributed by atoms with van der Waals surface area (Å²) in [5, 5.41) is 27.4. The Morgan fingerprint density at radius 1 is 0.906 bits per heavy atom. The third-order valence-corrected chi connectivity index (χ3v) is 9.28. The number of aliphatic hydroxyl groups is 3. The van der Waals surface area contributed by atoms with Gasteiger partial charge in [0.1, 0.15) is 13.7 Å². The molecule has 2 aromatic rings. The second-order valence-corrected chi connectivity index (χ2v) is 14.0. The molecular weight excluding hydrogens is 699 g/mol. The van der Waals surface area contributed by atoms with Crippen molar-refractivity contribution in [1.29, 1.82) is 0 Å². The number of amides is 4. The van der Waals surface area contributed by atoms with E-state index in [0.717, 1.165) is 36.7 Å². The van der Waals surface area contributed by atoms with E-state index in [-0.39, 0.29) is 48.2 Å². The van der Waals surface area contributed by atoms with Crippen LogP contribution in [-0.2, 0) is 35.8 Å². The Hall–Kier alpha value is -4.89. The largest absolute Gasteiger partial charge is 0.396 e. The maximum Gasteiger partial charge on any atom is 0.243 e. The predicted molar refractivity (Wildman–Crippen MR) is 208 cm³/mol. The molecule has 0 saturated carbocycles. The van der Waals surface area contributed by atoms with E-state index in [4.69, 9.17) is 21.1 Å². The number of nitrogens with two attached hydrogens (primary N) is 3. The summed E-state index contributed by atoms with van der Waals surface area (Å²) in [6, 6.07) is 14.8. The Balaban J connectivity index is 0.000000422. The molecule has 286 valence electrons. The van der Waals surface area contributed by atoms with Crippen LogP contribution in [-0.4, -0.2) is 87.0 Å². The monoisotopic (exact) mass is 750 g/mol. The van der Waals surface area contributed by atoms with Crippen LogP contribution in [0.25, 0.3) is 6.08 Å². The number of allylic oxidation sites excluding steroid dienone is 5. The van der Waals surface area contributed by atoms with Crippen LogP contribution in [0.15, 0.2) is 71.3 Å². The van der Waals surface area contributed by atoms with Gasteiger partial charge < -0.3 is 37.8 Å². The first-order valence-electron chi connectivity index (χ1n) is 17.1. The minimum absolute atomic E-state index is 0.0265. The molecule has 0 bridgehead atoms. The summed E-state index contributed by atoms with van der Waals surface area (Å²) in [5.74, 6) is -1.67. The number of benzene rings is 2. The van der Waals surface area contributed by atoms with Crippen LogP contribution in [0, 0.1) is 0 Å². The fourth-order valence-electron chi connectivity index (χ4n) is 5.99. The van der Waals surface area contributed by atoms with Gasteiger partial charge in [0.2, 0.25) is 29.3 Å². The number of para-hydroxylation sites is 1. The first-order valence-corrected chi connectivity index (χ1v) is 18.1. The van der Waals surface area contributed by atoms with Crippen LogP contribution >= 0.6 is 11.8 Å². The van der Waals surface area contributed by atoms with Gasteiger partial charge in [-0.15, -0.1) is 0 Å². The number of carbonyl (C=O) groups excluding carboxylic acids is 5. The highest BCUT2D eigenvalue weighted by Gasteiger charge is 2.42. The number of primary amides is 3. The molecule has 14 heteroatoms. The zero-order chi connectivity index (χ0) is 39.7. The van der Waals surface area contributed by atoms with Crippen LogP contribution in [0.4, 0.5) is 11.4 Å². The van der Waals surface area contributed by atoms with E-state index in [0.29, 0.717) is 0 Å². The van der Waals surface area contributed by atoms with Gasteiger partial charge in [-0.2, -0.15) is 4.58 Å². The number of anilines is 1. The van der Waals surface area contributed by atoms with Gasteiger partial charge in [-0.3, -0.25) is 24.0 Å². The van der Waals surface area contributed by atoms with E-state index in [1.165, 1.54) is 58.2 Å². The predicted octanol–water partition coefficient (Wildman–Crippen LogP) is 2.76. The zero-order valence-corrected chi connectivity index (χ0v) is 31.6. The third kappa shape index (κ3) is 13.9. The summed E-state index contributed by atoms with van der Waals surface area (Å²) in [4.78, 5) is 51.0. The smallest absolute Gasteiger partial charge is 0.243 e. The molecule has 53 heavy (non-hydrogen) atoms. The summed E-state index contributed by atoms with van der Waals surface area (Å²) >= 11 is 0.926. The molecule has 0 radical (unpaired) electrons. The van der Waals surface area contributed by atoms with Crippen LogP contribution < -0.4 is 22.5 Å². The van der Waals surface area contributed by atoms with Gasteiger partial charge in [-0.05, 0) is 79.5 Å². The molecule has 3 aliphatic rings. The number of nitrogens with one attached hydrogen (secondary N) is 1. The fourth-order valence-corrected chi connectivity index (χ4v) is 6.34. The molecule has 0 aromatic heterocycles. The Labute approximate surface area is 314 Å². The molecule has 5 rings (SSSR count). The number of hydrogen-bond donors (Lipinski definition) is 7. The number of thioether (sulfide) groups is 1. The molecule has 1 heterocycles. The highest BCUT2D eigenvalue weighted by atomic mass is 32.2. The van der Waals surface area contributed by atoms with Crippen LogP contribution in [0.5, 0.6) is 0 Å². The summed E-state index contributed by atoms with van der Waals surface area (Å²) in [7, 11) is 2.17. The molecule has 0 unspecified atom stereocenters. The van der Waals surface area contributed by atoms with E-state index in [1.807, 2.05) is 6.07 Å². The van der Waals surface area contributed by atoms with Gasteiger partial charge in [-0.25, -0.2) is 0 Å². The van der Waals surface area contributed by atoms with E-state index in [1.54, 1.807) is 0 Å². The van der Waals surface area contributed by atoms with Crippen molar-refractivity contribution in [3.8, 4) is 0 Å². The molecule has 10 N–H and O–H groups in total. The lowest BCUT2D eigenvalue weighted by atomic mass is 9.77. The summed E-state index contributed by atoms with van der Waals surface area (Å²) in [5.41, 5.74) is 25.3. The Morgan fingerprint density at radius 2 is 1.57 bits per heavy atom. The molecule has 1 aliphatic heterocycles. The second-order valence-electron chi connectivity index (χ2n) is 12.9. The van der Waals surface area contributed by atoms with E-state index >= 15 is 0 Å². The highest BCUT2D eigenvalue weighted by molar-refractivity contribution is 8.14. The van der Waals surface area contributed by atoms with Crippen LogP contribution in [0.1, 0.15) is 69.6 Å². The molecule has 0 spiro atoms. The summed E-state index contributed by atoms with van der Waals surface area (Å²) < 4.78 is 2.33. The van der Waals surface area contributed by atoms with Gasteiger partial charge in [0.25, 0.3) is 0 Å². The van der Waals surface area contributed by atoms with Crippen molar-refractivity contribution in [3.63, 3.8) is 0 Å². The second kappa shape index (κ2) is 21.6. The molecule has 13 nitrogen and oxygen atoms in total. The zero-order valence-electron chi connectivity index (χ0n) is 30.8. The van der Waals surface area contributed by atoms with Gasteiger partial charge >= 0.3 is 0 Å². The van der Waals surface area contributed by atoms with E-state index in [9.17, 15) is 24.0 Å². The standard InChI is InChI=1S/C30H32N2O2.C4H7NO2S.C3H7NO2.C2H5NO2/c1-30(2)26-9-4-5-10-27(26)32(3)28(30)14-12-20-7-6-8-22-17-21-11-13-24(31-29(34)15-16-33)18-23(21)19-25(20)22;1-3(6)8-2-4(5)7;4-3(6)1-2-5;3-2(5)1-4/h4-5,9-14,17-18,33H,6-8,15-16,19H2,1-3H3;2H2,1H3,(H2,5,7);5H,1-2H2,(H2,4,6);4H,1H2,(H2,3,5)/p+1. The number of aliphatic hydroxyl groups excluding tert-OH is 3. The first kappa shape index (κ1) is 44.3. The topological polar surface area (TPSA) is 239 Å². The third-order valence-electron chi connectivity index (χ3n) is 8.44. The van der Waals surface area contributed by atoms with E-state index < -0.39 is 24.3 Å². The molecule has 0 fully saturated rings. The van der Waals surface area contributed by atoms with Gasteiger partial charge in [-0.1, -0.05) is 48.2 Å². The molecule has 2 aliphatic carbocycles. The molecule has 0 saturated heterocycles. The van der Waals surface area contributed by atoms with Crippen molar-refractivity contribution in [1.82, 2.24) is 0 Å². The van der Waals surface area contributed by atoms with Gasteiger partial charge in [0.15, 0.2) is 10.8 Å². The van der Waals surface area contributed by atoms with Crippen molar-refractivity contribution in [2.75, 3.05) is 37.9 Å². The number of fused-ring (bicyclic) bond motifs is 3. The maximum atomic E-state index is 11.9. The average Bonchev–Trinajstić information content (AvgIpc) is 3.30. The average molecular weight is 751 g/mol. The van der Waals surface area contributed by atoms with Crippen molar-refractivity contribution in [2.24, 2.45) is 17.2 Å². The first-order chi connectivity index (χ1) is 25.0. The van der Waals surface area contributed by atoms with Crippen molar-refractivity contribution in [2.45, 2.75) is 64.7 Å². The quantitative estimate of drug-likeness (QED) is 0.177. The van der Waals surface area contributed by atoms with Crippen molar-refractivity contribution in [3.05, 3.63) is 88.0 Å². The number of nitrogens with zero attached hydrogens (tertiary/aromatic N) is 1. The molecule has 4 amide bonds. The van der Waals surface area contributed by atoms with Crippen LogP contribution in [0.3, 0.4) is 0 Å². The lowest BCUT2D eigenvalue weighted by Crippen LogP contribution is -2.26. The van der Waals surface area contributed by atoms with Gasteiger partial charge in [0.05, 0.1) is 30.8 Å². The normalized spacial score (nSPS) is 14.8. The Morgan fingerprint density at radius 3 is 2.09 bits per heavy atom. The summed E-state index contributed by atoms with van der Waals surface area (Å²) in [6.07, 6.45) is 11.5. The number of hydrogen-bond acceptors (Lipinski definition) is 9. The molecule has 2 aromatic carbocycles. The summed E-state index contributed by atoms with van der Waals surface area (Å²) in [6.45, 7) is 5.18. The molecular formula is C39H52N5O8S+. The maximum absolute atomic E-state index is 11.9. The van der Waals surface area contributed by atoms with E-state index in [2.05, 4.69) is 96.9 Å². The minimum Gasteiger partial charge on any atom is -0.396 e. The minimum atomic E-state index is -0.690. The number of carbonyl (C=O) groups is 5. The number of rotatable bonds is 10. The van der Waals surface area contributed by atoms with Crippen molar-refractivity contribution >= 4 is 63.7 Å². The van der Waals surface area contributed by atoms with Gasteiger partial charge in [0, 0.05) is 36.7 Å². The lowest BCUT2D eigenvalue weighted by Gasteiger charge is -2.27. The molecule has 0 atom stereocenters. The lowest BCUT2D eigenvalue weighted by molar-refractivity contribution is -0.401. The van der Waals surface area contributed by atoms with Crippen molar-refractivity contribution < 1.29 is 43.9 Å². The Bertz CT molecular complexity index is 1780. The highest BCUT2D eigenvalue weighted by Crippen LogP contribution is 2.41. The van der Waals surface area contributed by atoms with Crippen LogP contribution in [0.2, 0.25) is 0 Å².